The summed E-state index contributed by atoms with van der Waals surface area (Å²) >= 11 is 5.96. The number of hydrogen-bond acceptors (Lipinski definition) is 3. The SMILES string of the molecule is CC1(C)CN(C(=O)[C@@H]2CC[C@@H]2N)CC[C@]1(O)c1ccc(Cl)cc1.Cl. The minimum absolute atomic E-state index is 0. The summed E-state index contributed by atoms with van der Waals surface area (Å²) in [7, 11) is 0. The minimum Gasteiger partial charge on any atom is -0.384 e. The van der Waals surface area contributed by atoms with E-state index in [0.29, 0.717) is 24.5 Å². The predicted molar refractivity (Wildman–Crippen MR) is 98.3 cm³/mol. The smallest absolute Gasteiger partial charge is 0.227 e. The van der Waals surface area contributed by atoms with Gasteiger partial charge in [0.15, 0.2) is 0 Å². The Balaban J connectivity index is 0.00000208. The number of carbonyl (C=O) groups excluding carboxylic acids is 1. The molecule has 1 aliphatic carbocycles. The van der Waals surface area contributed by atoms with Crippen LogP contribution in [0, 0.1) is 11.3 Å². The van der Waals surface area contributed by atoms with Gasteiger partial charge >= 0.3 is 0 Å². The van der Waals surface area contributed by atoms with E-state index in [1.165, 1.54) is 0 Å². The van der Waals surface area contributed by atoms with Crippen molar-refractivity contribution in [2.45, 2.75) is 44.8 Å². The van der Waals surface area contributed by atoms with Gasteiger partial charge in [0.05, 0.1) is 11.5 Å². The number of halogens is 2. The lowest BCUT2D eigenvalue weighted by molar-refractivity contribution is -0.159. The van der Waals surface area contributed by atoms with Crippen molar-refractivity contribution in [1.82, 2.24) is 4.90 Å². The topological polar surface area (TPSA) is 66.6 Å². The second-order valence-corrected chi connectivity index (χ2v) is 8.04. The molecule has 4 nitrogen and oxygen atoms in total. The first kappa shape index (κ1) is 19.5. The van der Waals surface area contributed by atoms with Gasteiger partial charge in [0.2, 0.25) is 5.91 Å². The Kier molecular flexibility index (Phi) is 5.55. The van der Waals surface area contributed by atoms with Crippen LogP contribution in [0.1, 0.15) is 38.7 Å². The third-order valence-electron chi connectivity index (χ3n) is 5.73. The number of carbonyl (C=O) groups is 1. The van der Waals surface area contributed by atoms with Gasteiger partial charge in [0.1, 0.15) is 0 Å². The number of rotatable bonds is 2. The fourth-order valence-electron chi connectivity index (χ4n) is 3.84. The highest BCUT2D eigenvalue weighted by Gasteiger charge is 2.50. The summed E-state index contributed by atoms with van der Waals surface area (Å²) in [6.07, 6.45) is 2.34. The van der Waals surface area contributed by atoms with Gasteiger partial charge in [-0.25, -0.2) is 0 Å². The Labute approximate surface area is 154 Å². The number of aliphatic hydroxyl groups is 1. The summed E-state index contributed by atoms with van der Waals surface area (Å²) in [5.41, 5.74) is 5.40. The summed E-state index contributed by atoms with van der Waals surface area (Å²) in [4.78, 5) is 14.5. The summed E-state index contributed by atoms with van der Waals surface area (Å²) in [5, 5.41) is 12.0. The number of amides is 1. The van der Waals surface area contributed by atoms with E-state index in [-0.39, 0.29) is 30.3 Å². The number of likely N-dealkylation sites (tertiary alicyclic amines) is 1. The summed E-state index contributed by atoms with van der Waals surface area (Å²) < 4.78 is 0. The van der Waals surface area contributed by atoms with Crippen LogP contribution in [0.5, 0.6) is 0 Å². The lowest BCUT2D eigenvalue weighted by Crippen LogP contribution is -2.59. The number of nitrogens with two attached hydrogens (primary N) is 1. The second kappa shape index (κ2) is 6.83. The zero-order valence-electron chi connectivity index (χ0n) is 14.2. The first-order chi connectivity index (χ1) is 10.7. The quantitative estimate of drug-likeness (QED) is 0.838. The van der Waals surface area contributed by atoms with E-state index in [0.717, 1.165) is 18.4 Å². The molecule has 2 fully saturated rings. The lowest BCUT2D eigenvalue weighted by Gasteiger charge is -2.51. The Morgan fingerprint density at radius 3 is 2.38 bits per heavy atom. The molecule has 1 aromatic rings. The van der Waals surface area contributed by atoms with E-state index >= 15 is 0 Å². The summed E-state index contributed by atoms with van der Waals surface area (Å²) in [6, 6.07) is 7.36. The van der Waals surface area contributed by atoms with Crippen LogP contribution in [0.15, 0.2) is 24.3 Å². The molecule has 1 aliphatic heterocycles. The molecule has 1 amide bonds. The molecule has 3 N–H and O–H groups in total. The monoisotopic (exact) mass is 372 g/mol. The Morgan fingerprint density at radius 1 is 1.29 bits per heavy atom. The van der Waals surface area contributed by atoms with E-state index in [2.05, 4.69) is 0 Å². The van der Waals surface area contributed by atoms with Crippen LogP contribution in [-0.2, 0) is 10.4 Å². The Morgan fingerprint density at radius 2 is 1.92 bits per heavy atom. The molecule has 0 unspecified atom stereocenters. The van der Waals surface area contributed by atoms with Crippen LogP contribution in [0.4, 0.5) is 0 Å². The van der Waals surface area contributed by atoms with Crippen molar-refractivity contribution in [2.75, 3.05) is 13.1 Å². The second-order valence-electron chi connectivity index (χ2n) is 7.61. The molecular formula is C18H26Cl2N2O2. The average molecular weight is 373 g/mol. The molecule has 0 aromatic heterocycles. The maximum absolute atomic E-state index is 12.6. The van der Waals surface area contributed by atoms with E-state index in [9.17, 15) is 9.90 Å². The predicted octanol–water partition coefficient (Wildman–Crippen LogP) is 2.95. The molecule has 1 heterocycles. The standard InChI is InChI=1S/C18H25ClN2O2.ClH/c1-17(2)11-21(16(22)14-7-8-15(14)20)10-9-18(17,23)12-3-5-13(19)6-4-12;/h3-6,14-15,23H,7-11,20H2,1-2H3;1H/t14-,15+,18+;/m1./s1. The van der Waals surface area contributed by atoms with Crippen LogP contribution in [0.3, 0.4) is 0 Å². The van der Waals surface area contributed by atoms with E-state index < -0.39 is 11.0 Å². The van der Waals surface area contributed by atoms with Crippen molar-refractivity contribution >= 4 is 29.9 Å². The van der Waals surface area contributed by atoms with Gasteiger partial charge < -0.3 is 15.7 Å². The molecule has 24 heavy (non-hydrogen) atoms. The van der Waals surface area contributed by atoms with Crippen molar-refractivity contribution < 1.29 is 9.90 Å². The van der Waals surface area contributed by atoms with Crippen molar-refractivity contribution in [3.63, 3.8) is 0 Å². The lowest BCUT2D eigenvalue weighted by atomic mass is 9.66. The molecule has 1 saturated carbocycles. The first-order valence-electron chi connectivity index (χ1n) is 8.27. The first-order valence-corrected chi connectivity index (χ1v) is 8.65. The van der Waals surface area contributed by atoms with Gasteiger partial charge in [-0.2, -0.15) is 0 Å². The highest BCUT2D eigenvalue weighted by molar-refractivity contribution is 6.30. The average Bonchev–Trinajstić information content (AvgIpc) is 2.49. The van der Waals surface area contributed by atoms with Gasteiger partial charge in [-0.05, 0) is 37.0 Å². The van der Waals surface area contributed by atoms with E-state index in [1.54, 1.807) is 12.1 Å². The van der Waals surface area contributed by atoms with Gasteiger partial charge in [-0.15, -0.1) is 12.4 Å². The number of nitrogens with zero attached hydrogens (tertiary/aromatic N) is 1. The number of piperidine rings is 1. The molecule has 0 bridgehead atoms. The molecule has 6 heteroatoms. The molecule has 0 spiro atoms. The molecule has 0 radical (unpaired) electrons. The van der Waals surface area contributed by atoms with Crippen LogP contribution in [-0.4, -0.2) is 35.0 Å². The molecule has 1 saturated heterocycles. The minimum atomic E-state index is -0.962. The van der Waals surface area contributed by atoms with Crippen molar-refractivity contribution in [3.8, 4) is 0 Å². The van der Waals surface area contributed by atoms with Crippen molar-refractivity contribution in [2.24, 2.45) is 17.1 Å². The van der Waals surface area contributed by atoms with Crippen molar-refractivity contribution in [1.29, 1.82) is 0 Å². The number of hydrogen-bond donors (Lipinski definition) is 2. The maximum atomic E-state index is 12.6. The molecule has 3 rings (SSSR count). The van der Waals surface area contributed by atoms with Crippen LogP contribution in [0.25, 0.3) is 0 Å². The molecule has 134 valence electrons. The third kappa shape index (κ3) is 3.17. The summed E-state index contributed by atoms with van der Waals surface area (Å²) in [5.74, 6) is 0.113. The molecule has 1 aromatic carbocycles. The zero-order valence-corrected chi connectivity index (χ0v) is 15.7. The molecule has 3 atom stereocenters. The fourth-order valence-corrected chi connectivity index (χ4v) is 3.96. The van der Waals surface area contributed by atoms with Crippen LogP contribution in [0.2, 0.25) is 5.02 Å². The van der Waals surface area contributed by atoms with Gasteiger partial charge in [0, 0.05) is 29.6 Å². The summed E-state index contributed by atoms with van der Waals surface area (Å²) in [6.45, 7) is 5.13. The van der Waals surface area contributed by atoms with Gasteiger partial charge in [-0.3, -0.25) is 4.79 Å². The Hall–Kier alpha value is -0.810. The fraction of sp³-hybridized carbons (Fsp3) is 0.611. The molecular weight excluding hydrogens is 347 g/mol. The third-order valence-corrected chi connectivity index (χ3v) is 5.98. The largest absolute Gasteiger partial charge is 0.384 e. The van der Waals surface area contributed by atoms with Crippen molar-refractivity contribution in [3.05, 3.63) is 34.9 Å². The van der Waals surface area contributed by atoms with E-state index in [4.69, 9.17) is 17.3 Å². The van der Waals surface area contributed by atoms with Crippen LogP contribution < -0.4 is 5.73 Å². The molecule has 2 aliphatic rings. The number of benzene rings is 1. The van der Waals surface area contributed by atoms with E-state index in [1.807, 2.05) is 30.9 Å². The van der Waals surface area contributed by atoms with Crippen LogP contribution >= 0.6 is 24.0 Å². The van der Waals surface area contributed by atoms with Gasteiger partial charge in [0.25, 0.3) is 0 Å². The Bertz CT molecular complexity index is 606. The normalized spacial score (nSPS) is 31.8. The maximum Gasteiger partial charge on any atom is 0.227 e. The highest BCUT2D eigenvalue weighted by atomic mass is 35.5. The highest BCUT2D eigenvalue weighted by Crippen LogP contribution is 2.46. The zero-order chi connectivity index (χ0) is 16.8. The van der Waals surface area contributed by atoms with Gasteiger partial charge in [-0.1, -0.05) is 37.6 Å².